The third kappa shape index (κ3) is 2.29. The molecule has 0 amide bonds. The van der Waals surface area contributed by atoms with E-state index >= 15 is 0 Å². The standard InChI is InChI=1S/C15H15ClO2/c1-15(10-16,11-2-6-13(17)7-3-11)12-4-8-14(18)9-5-12/h2-9,17-18H,10H2,1H3. The van der Waals surface area contributed by atoms with Gasteiger partial charge < -0.3 is 10.2 Å². The summed E-state index contributed by atoms with van der Waals surface area (Å²) in [5, 5.41) is 18.7. The molecule has 94 valence electrons. The summed E-state index contributed by atoms with van der Waals surface area (Å²) >= 11 is 6.13. The van der Waals surface area contributed by atoms with Gasteiger partial charge in [-0.05, 0) is 35.4 Å². The first kappa shape index (κ1) is 12.8. The fraction of sp³-hybridized carbons (Fsp3) is 0.200. The maximum absolute atomic E-state index is 9.34. The zero-order valence-electron chi connectivity index (χ0n) is 10.1. The monoisotopic (exact) mass is 262 g/mol. The molecule has 0 aliphatic carbocycles. The Morgan fingerprint density at radius 3 is 1.44 bits per heavy atom. The van der Waals surface area contributed by atoms with Gasteiger partial charge in [0, 0.05) is 11.3 Å². The number of phenolic OH excluding ortho intramolecular Hbond substituents is 2. The van der Waals surface area contributed by atoms with Crippen LogP contribution in [0.15, 0.2) is 48.5 Å². The van der Waals surface area contributed by atoms with Crippen LogP contribution in [0.3, 0.4) is 0 Å². The van der Waals surface area contributed by atoms with Gasteiger partial charge in [0.15, 0.2) is 0 Å². The molecular formula is C15H15ClO2. The second kappa shape index (κ2) is 4.91. The van der Waals surface area contributed by atoms with Crippen molar-refractivity contribution in [2.45, 2.75) is 12.3 Å². The summed E-state index contributed by atoms with van der Waals surface area (Å²) in [5.74, 6) is 0.894. The average Bonchev–Trinajstić information content (AvgIpc) is 2.39. The Bertz CT molecular complexity index is 472. The fourth-order valence-electron chi connectivity index (χ4n) is 1.98. The summed E-state index contributed by atoms with van der Waals surface area (Å²) < 4.78 is 0. The number of rotatable bonds is 3. The van der Waals surface area contributed by atoms with E-state index in [1.54, 1.807) is 24.3 Å². The van der Waals surface area contributed by atoms with Crippen LogP contribution in [-0.2, 0) is 5.41 Å². The van der Waals surface area contributed by atoms with Crippen LogP contribution in [0.4, 0.5) is 0 Å². The van der Waals surface area contributed by atoms with Crippen molar-refractivity contribution in [3.8, 4) is 11.5 Å². The van der Waals surface area contributed by atoms with Crippen LogP contribution >= 0.6 is 11.6 Å². The topological polar surface area (TPSA) is 40.5 Å². The van der Waals surface area contributed by atoms with E-state index in [-0.39, 0.29) is 16.9 Å². The molecule has 18 heavy (non-hydrogen) atoms. The lowest BCUT2D eigenvalue weighted by Crippen LogP contribution is -2.25. The van der Waals surface area contributed by atoms with Gasteiger partial charge in [0.1, 0.15) is 11.5 Å². The number of phenols is 2. The molecule has 0 saturated carbocycles. The van der Waals surface area contributed by atoms with Gasteiger partial charge in [0.2, 0.25) is 0 Å². The molecule has 0 aliphatic rings. The van der Waals surface area contributed by atoms with Crippen molar-refractivity contribution < 1.29 is 10.2 Å². The first-order valence-electron chi connectivity index (χ1n) is 5.71. The third-order valence-electron chi connectivity index (χ3n) is 3.28. The summed E-state index contributed by atoms with van der Waals surface area (Å²) in [7, 11) is 0. The van der Waals surface area contributed by atoms with Crippen LogP contribution in [0.5, 0.6) is 11.5 Å². The van der Waals surface area contributed by atoms with Crippen molar-refractivity contribution in [1.82, 2.24) is 0 Å². The highest BCUT2D eigenvalue weighted by Crippen LogP contribution is 2.34. The van der Waals surface area contributed by atoms with E-state index in [1.165, 1.54) is 0 Å². The molecule has 0 unspecified atom stereocenters. The third-order valence-corrected chi connectivity index (χ3v) is 3.81. The van der Waals surface area contributed by atoms with Crippen molar-refractivity contribution in [3.05, 3.63) is 59.7 Å². The lowest BCUT2D eigenvalue weighted by atomic mass is 9.78. The molecule has 0 heterocycles. The maximum Gasteiger partial charge on any atom is 0.115 e. The van der Waals surface area contributed by atoms with E-state index in [2.05, 4.69) is 0 Å². The Balaban J connectivity index is 2.47. The Morgan fingerprint density at radius 2 is 1.17 bits per heavy atom. The van der Waals surface area contributed by atoms with Gasteiger partial charge in [-0.1, -0.05) is 31.2 Å². The predicted octanol–water partition coefficient (Wildman–Crippen LogP) is 3.64. The van der Waals surface area contributed by atoms with E-state index in [1.807, 2.05) is 31.2 Å². The molecule has 0 bridgehead atoms. The van der Waals surface area contributed by atoms with Gasteiger partial charge in [0.25, 0.3) is 0 Å². The van der Waals surface area contributed by atoms with Crippen molar-refractivity contribution in [2.75, 3.05) is 5.88 Å². The lowest BCUT2D eigenvalue weighted by molar-refractivity contribution is 0.474. The zero-order chi connectivity index (χ0) is 13.2. The molecular weight excluding hydrogens is 248 g/mol. The van der Waals surface area contributed by atoms with Crippen molar-refractivity contribution in [2.24, 2.45) is 0 Å². The van der Waals surface area contributed by atoms with Crippen LogP contribution in [-0.4, -0.2) is 16.1 Å². The van der Waals surface area contributed by atoms with E-state index in [0.29, 0.717) is 5.88 Å². The highest BCUT2D eigenvalue weighted by atomic mass is 35.5. The van der Waals surface area contributed by atoms with Crippen molar-refractivity contribution in [1.29, 1.82) is 0 Å². The largest absolute Gasteiger partial charge is 0.508 e. The average molecular weight is 263 g/mol. The Kier molecular flexibility index (Phi) is 3.48. The Morgan fingerprint density at radius 1 is 0.833 bits per heavy atom. The van der Waals surface area contributed by atoms with E-state index in [4.69, 9.17) is 11.6 Å². The molecule has 0 fully saturated rings. The Hall–Kier alpha value is -1.67. The van der Waals surface area contributed by atoms with Gasteiger partial charge in [-0.15, -0.1) is 11.6 Å². The molecule has 0 radical (unpaired) electrons. The number of benzene rings is 2. The van der Waals surface area contributed by atoms with Gasteiger partial charge in [-0.2, -0.15) is 0 Å². The summed E-state index contributed by atoms with van der Waals surface area (Å²) in [6.45, 7) is 2.04. The van der Waals surface area contributed by atoms with E-state index in [0.717, 1.165) is 11.1 Å². The maximum atomic E-state index is 9.34. The smallest absolute Gasteiger partial charge is 0.115 e. The number of halogens is 1. The van der Waals surface area contributed by atoms with Crippen LogP contribution in [0.1, 0.15) is 18.1 Å². The number of aromatic hydroxyl groups is 2. The summed E-state index contributed by atoms with van der Waals surface area (Å²) in [5.41, 5.74) is 1.71. The van der Waals surface area contributed by atoms with Gasteiger partial charge in [0.05, 0.1) is 0 Å². The quantitative estimate of drug-likeness (QED) is 0.829. The molecule has 3 heteroatoms. The molecule has 0 saturated heterocycles. The molecule has 2 nitrogen and oxygen atoms in total. The fourth-order valence-corrected chi connectivity index (χ4v) is 2.29. The van der Waals surface area contributed by atoms with Gasteiger partial charge >= 0.3 is 0 Å². The van der Waals surface area contributed by atoms with Crippen molar-refractivity contribution in [3.63, 3.8) is 0 Å². The molecule has 0 aromatic heterocycles. The number of alkyl halides is 1. The van der Waals surface area contributed by atoms with Gasteiger partial charge in [-0.3, -0.25) is 0 Å². The van der Waals surface area contributed by atoms with Crippen LogP contribution in [0.2, 0.25) is 0 Å². The van der Waals surface area contributed by atoms with Crippen LogP contribution in [0.25, 0.3) is 0 Å². The van der Waals surface area contributed by atoms with Crippen molar-refractivity contribution >= 4 is 11.6 Å². The second-order valence-corrected chi connectivity index (χ2v) is 4.83. The lowest BCUT2D eigenvalue weighted by Gasteiger charge is -2.28. The van der Waals surface area contributed by atoms with Crippen LogP contribution in [0, 0.1) is 0 Å². The molecule has 0 spiro atoms. The molecule has 2 aromatic carbocycles. The summed E-state index contributed by atoms with van der Waals surface area (Å²) in [4.78, 5) is 0. The minimum atomic E-state index is -0.344. The van der Waals surface area contributed by atoms with Crippen LogP contribution < -0.4 is 0 Å². The highest BCUT2D eigenvalue weighted by Gasteiger charge is 2.27. The second-order valence-electron chi connectivity index (χ2n) is 4.56. The van der Waals surface area contributed by atoms with Gasteiger partial charge in [-0.25, -0.2) is 0 Å². The normalized spacial score (nSPS) is 11.4. The number of hydrogen-bond acceptors (Lipinski definition) is 2. The summed E-state index contributed by atoms with van der Waals surface area (Å²) in [6, 6.07) is 14.1. The first-order valence-corrected chi connectivity index (χ1v) is 6.25. The molecule has 2 aromatic rings. The minimum Gasteiger partial charge on any atom is -0.508 e. The minimum absolute atomic E-state index is 0.237. The molecule has 2 N–H and O–H groups in total. The van der Waals surface area contributed by atoms with E-state index in [9.17, 15) is 10.2 Å². The highest BCUT2D eigenvalue weighted by molar-refractivity contribution is 6.19. The molecule has 2 rings (SSSR count). The van der Waals surface area contributed by atoms with E-state index < -0.39 is 0 Å². The molecule has 0 atom stereocenters. The molecule has 0 aliphatic heterocycles. The predicted molar refractivity (Wildman–Crippen MR) is 73.4 cm³/mol. The zero-order valence-corrected chi connectivity index (χ0v) is 10.9. The SMILES string of the molecule is CC(CCl)(c1ccc(O)cc1)c1ccc(O)cc1. The number of hydrogen-bond donors (Lipinski definition) is 2. The summed E-state index contributed by atoms with van der Waals surface area (Å²) in [6.07, 6.45) is 0. The first-order chi connectivity index (χ1) is 8.56. The Labute approximate surface area is 111 Å².